The molecule has 9 nitrogen and oxygen atoms in total. The Labute approximate surface area is 212 Å². The second-order valence-corrected chi connectivity index (χ2v) is 10.3. The van der Waals surface area contributed by atoms with E-state index in [0.717, 1.165) is 4.57 Å². The van der Waals surface area contributed by atoms with Gasteiger partial charge >= 0.3 is 5.97 Å². The van der Waals surface area contributed by atoms with Gasteiger partial charge in [0.25, 0.3) is 5.56 Å². The molecule has 0 unspecified atom stereocenters. The topological polar surface area (TPSA) is 135 Å². The molecular formula is C27H24N2O7S. The van der Waals surface area contributed by atoms with Crippen LogP contribution in [-0.2, 0) is 14.6 Å². The molecule has 0 saturated carbocycles. The summed E-state index contributed by atoms with van der Waals surface area (Å²) in [4.78, 5) is 29.5. The molecule has 2 N–H and O–H groups in total. The summed E-state index contributed by atoms with van der Waals surface area (Å²) < 4.78 is 30.6. The zero-order chi connectivity index (χ0) is 26.7. The number of aromatic nitrogens is 1. The molecule has 4 rings (SSSR count). The van der Waals surface area contributed by atoms with Gasteiger partial charge in [-0.05, 0) is 55.5 Å². The van der Waals surface area contributed by atoms with Crippen LogP contribution in [0.1, 0.15) is 29.8 Å². The van der Waals surface area contributed by atoms with Crippen LogP contribution in [0.15, 0.2) is 81.4 Å². The number of ether oxygens (including phenoxy) is 1. The van der Waals surface area contributed by atoms with Crippen LogP contribution in [0, 0.1) is 0 Å². The number of pyridine rings is 1. The molecule has 0 radical (unpaired) electrons. The summed E-state index contributed by atoms with van der Waals surface area (Å²) >= 11 is 0. The number of fused-ring (bicyclic) bond motifs is 1. The average molecular weight is 521 g/mol. The van der Waals surface area contributed by atoms with Crippen LogP contribution in [0.2, 0.25) is 0 Å². The minimum absolute atomic E-state index is 0.000639. The first-order valence-corrected chi connectivity index (χ1v) is 13.1. The van der Waals surface area contributed by atoms with Crippen LogP contribution in [0.3, 0.4) is 0 Å². The standard InChI is InChI=1S/C27H24N2O7S/c1-3-36-27(33)17-9-11-18(12-10-17)29-25(31)21-8-6-5-7-20(21)22(26(29)32)16-28-23-15-19(13-14-24(23)30)37(34,35)4-2/h5-16,30,32H,3-4H2,1-2H3. The lowest BCUT2D eigenvalue weighted by molar-refractivity contribution is 0.0526. The molecule has 0 aliphatic heterocycles. The first-order chi connectivity index (χ1) is 17.7. The third-order valence-electron chi connectivity index (χ3n) is 5.76. The fourth-order valence-electron chi connectivity index (χ4n) is 3.79. The van der Waals surface area contributed by atoms with Crippen molar-refractivity contribution in [3.63, 3.8) is 0 Å². The quantitative estimate of drug-likeness (QED) is 0.276. The normalized spacial score (nSPS) is 11.7. The third-order valence-corrected chi connectivity index (χ3v) is 7.49. The number of hydrogen-bond acceptors (Lipinski definition) is 8. The lowest BCUT2D eigenvalue weighted by Gasteiger charge is -2.14. The summed E-state index contributed by atoms with van der Waals surface area (Å²) in [6, 6.07) is 16.4. The Kier molecular flexibility index (Phi) is 7.12. The van der Waals surface area contributed by atoms with Gasteiger partial charge in [-0.3, -0.25) is 9.79 Å². The molecule has 0 aliphatic carbocycles. The van der Waals surface area contributed by atoms with Crippen LogP contribution in [0.4, 0.5) is 5.69 Å². The number of esters is 1. The average Bonchev–Trinajstić information content (AvgIpc) is 2.90. The lowest BCUT2D eigenvalue weighted by atomic mass is 10.1. The summed E-state index contributed by atoms with van der Waals surface area (Å²) in [5, 5.41) is 22.1. The van der Waals surface area contributed by atoms with Crippen molar-refractivity contribution in [2.45, 2.75) is 18.7 Å². The zero-order valence-electron chi connectivity index (χ0n) is 20.1. The van der Waals surface area contributed by atoms with Gasteiger partial charge in [-0.15, -0.1) is 0 Å². The Morgan fingerprint density at radius 1 is 1.00 bits per heavy atom. The number of phenolic OH excluding ortho intramolecular Hbond substituents is 1. The second kappa shape index (κ2) is 10.3. The predicted octanol–water partition coefficient (Wildman–Crippen LogP) is 4.12. The third kappa shape index (κ3) is 4.96. The number of hydrogen-bond donors (Lipinski definition) is 2. The Bertz CT molecular complexity index is 1690. The number of carbonyl (C=O) groups excluding carboxylic acids is 1. The number of rotatable bonds is 7. The van der Waals surface area contributed by atoms with E-state index in [1.165, 1.54) is 55.6 Å². The molecule has 37 heavy (non-hydrogen) atoms. The Morgan fingerprint density at radius 3 is 2.32 bits per heavy atom. The molecule has 0 saturated heterocycles. The van der Waals surface area contributed by atoms with Crippen molar-refractivity contribution in [2.75, 3.05) is 12.4 Å². The molecular weight excluding hydrogens is 496 g/mol. The van der Waals surface area contributed by atoms with Crippen molar-refractivity contribution in [2.24, 2.45) is 4.99 Å². The number of sulfone groups is 1. The molecule has 0 aliphatic rings. The molecule has 0 fully saturated rings. The van der Waals surface area contributed by atoms with Crippen LogP contribution in [0.5, 0.6) is 11.6 Å². The fourth-order valence-corrected chi connectivity index (χ4v) is 4.69. The van der Waals surface area contributed by atoms with E-state index < -0.39 is 27.2 Å². The largest absolute Gasteiger partial charge is 0.506 e. The predicted molar refractivity (Wildman–Crippen MR) is 140 cm³/mol. The van der Waals surface area contributed by atoms with Gasteiger partial charge < -0.3 is 14.9 Å². The van der Waals surface area contributed by atoms with E-state index in [-0.39, 0.29) is 39.8 Å². The van der Waals surface area contributed by atoms with Gasteiger partial charge in [-0.25, -0.2) is 17.8 Å². The van der Waals surface area contributed by atoms with Gasteiger partial charge in [-0.2, -0.15) is 0 Å². The minimum atomic E-state index is -3.54. The second-order valence-electron chi connectivity index (χ2n) is 8.00. The molecule has 0 bridgehead atoms. The van der Waals surface area contributed by atoms with Crippen molar-refractivity contribution in [3.05, 3.63) is 88.2 Å². The number of carbonyl (C=O) groups is 1. The number of aromatic hydroxyl groups is 2. The molecule has 0 atom stereocenters. The first kappa shape index (κ1) is 25.6. The summed E-state index contributed by atoms with van der Waals surface area (Å²) in [5.74, 6) is -1.30. The number of nitrogens with zero attached hydrogens (tertiary/aromatic N) is 2. The Balaban J connectivity index is 1.88. The fraction of sp³-hybridized carbons (Fsp3) is 0.148. The summed E-state index contributed by atoms with van der Waals surface area (Å²) in [7, 11) is -3.54. The van der Waals surface area contributed by atoms with Crippen LogP contribution < -0.4 is 5.56 Å². The smallest absolute Gasteiger partial charge is 0.338 e. The van der Waals surface area contributed by atoms with Crippen molar-refractivity contribution in [1.29, 1.82) is 0 Å². The van der Waals surface area contributed by atoms with Gasteiger partial charge in [0.1, 0.15) is 11.4 Å². The van der Waals surface area contributed by atoms with Crippen LogP contribution in [-0.4, -0.2) is 47.7 Å². The van der Waals surface area contributed by atoms with E-state index in [4.69, 9.17) is 4.74 Å². The number of benzene rings is 3. The highest BCUT2D eigenvalue weighted by Crippen LogP contribution is 2.31. The van der Waals surface area contributed by atoms with Crippen molar-refractivity contribution < 1.29 is 28.2 Å². The van der Waals surface area contributed by atoms with Crippen molar-refractivity contribution in [1.82, 2.24) is 4.57 Å². The summed E-state index contributed by atoms with van der Waals surface area (Å²) in [6.45, 7) is 3.43. The first-order valence-electron chi connectivity index (χ1n) is 11.4. The van der Waals surface area contributed by atoms with Crippen LogP contribution in [0.25, 0.3) is 16.5 Å². The highest BCUT2D eigenvalue weighted by Gasteiger charge is 2.18. The molecule has 0 spiro atoms. The molecule has 10 heteroatoms. The Morgan fingerprint density at radius 2 is 1.68 bits per heavy atom. The number of phenols is 1. The Hall–Kier alpha value is -4.44. The van der Waals surface area contributed by atoms with Gasteiger partial charge in [0, 0.05) is 17.0 Å². The number of aliphatic imine (C=N–C) groups is 1. The molecule has 3 aromatic carbocycles. The molecule has 0 amide bonds. The molecule has 4 aromatic rings. The van der Waals surface area contributed by atoms with Crippen molar-refractivity contribution >= 4 is 38.5 Å². The van der Waals surface area contributed by atoms with Crippen molar-refractivity contribution in [3.8, 4) is 17.3 Å². The SMILES string of the molecule is CCOC(=O)c1ccc(-n2c(O)c(C=Nc3cc(S(=O)(=O)CC)ccc3O)c3ccccc3c2=O)cc1. The van der Waals surface area contributed by atoms with Gasteiger partial charge in [0.15, 0.2) is 9.84 Å². The van der Waals surface area contributed by atoms with Gasteiger partial charge in [0.05, 0.1) is 34.1 Å². The van der Waals surface area contributed by atoms with E-state index in [1.54, 1.807) is 31.2 Å². The highest BCUT2D eigenvalue weighted by atomic mass is 32.2. The van der Waals surface area contributed by atoms with E-state index in [0.29, 0.717) is 16.5 Å². The molecule has 1 heterocycles. The van der Waals surface area contributed by atoms with E-state index in [1.807, 2.05) is 0 Å². The lowest BCUT2D eigenvalue weighted by Crippen LogP contribution is -2.20. The summed E-state index contributed by atoms with van der Waals surface area (Å²) in [5.41, 5.74) is 0.253. The maximum absolute atomic E-state index is 13.3. The minimum Gasteiger partial charge on any atom is -0.506 e. The summed E-state index contributed by atoms with van der Waals surface area (Å²) in [6.07, 6.45) is 1.26. The monoisotopic (exact) mass is 520 g/mol. The zero-order valence-corrected chi connectivity index (χ0v) is 20.9. The maximum atomic E-state index is 13.3. The van der Waals surface area contributed by atoms with E-state index >= 15 is 0 Å². The highest BCUT2D eigenvalue weighted by molar-refractivity contribution is 7.91. The van der Waals surface area contributed by atoms with Gasteiger partial charge in [0.2, 0.25) is 5.88 Å². The molecule has 190 valence electrons. The van der Waals surface area contributed by atoms with E-state index in [9.17, 15) is 28.2 Å². The molecule has 1 aromatic heterocycles. The maximum Gasteiger partial charge on any atom is 0.338 e. The van der Waals surface area contributed by atoms with Crippen LogP contribution >= 0.6 is 0 Å². The van der Waals surface area contributed by atoms with E-state index in [2.05, 4.69) is 4.99 Å². The van der Waals surface area contributed by atoms with Gasteiger partial charge in [-0.1, -0.05) is 25.1 Å².